The highest BCUT2D eigenvalue weighted by atomic mass is 35.5. The van der Waals surface area contributed by atoms with Crippen LogP contribution in [-0.4, -0.2) is 41.3 Å². The van der Waals surface area contributed by atoms with Crippen molar-refractivity contribution in [3.05, 3.63) is 20.3 Å². The first-order chi connectivity index (χ1) is 8.06. The van der Waals surface area contributed by atoms with E-state index in [2.05, 4.69) is 11.8 Å². The van der Waals surface area contributed by atoms with Gasteiger partial charge in [-0.25, -0.2) is 0 Å². The molecule has 94 valence electrons. The second-order valence-corrected chi connectivity index (χ2v) is 7.91. The topological polar surface area (TPSA) is 20.3 Å². The Hall–Kier alpha value is 0.260. The maximum atomic E-state index is 12.1. The number of carbonyl (C=O) groups is 1. The highest BCUT2D eigenvalue weighted by Crippen LogP contribution is 2.31. The van der Waals surface area contributed by atoms with Crippen molar-refractivity contribution in [2.24, 2.45) is 0 Å². The molecule has 0 radical (unpaired) electrons. The monoisotopic (exact) mass is 309 g/mol. The van der Waals surface area contributed by atoms with Gasteiger partial charge in [0.15, 0.2) is 5.78 Å². The third kappa shape index (κ3) is 3.61. The lowest BCUT2D eigenvalue weighted by Crippen LogP contribution is -2.39. The van der Waals surface area contributed by atoms with E-state index in [1.54, 1.807) is 6.07 Å². The number of halogens is 2. The van der Waals surface area contributed by atoms with Gasteiger partial charge in [-0.05, 0) is 6.07 Å². The van der Waals surface area contributed by atoms with Crippen molar-refractivity contribution in [2.45, 2.75) is 12.2 Å². The SMILES string of the molecule is CC1CN(CC(=O)c2cc(Cl)sc2Cl)CCS1. The maximum absolute atomic E-state index is 12.1. The molecule has 1 unspecified atom stereocenters. The third-order valence-corrected chi connectivity index (χ3v) is 5.27. The molecule has 1 aliphatic heterocycles. The summed E-state index contributed by atoms with van der Waals surface area (Å²) >= 11 is 15.0. The molecule has 1 aliphatic rings. The van der Waals surface area contributed by atoms with Crippen molar-refractivity contribution in [2.75, 3.05) is 25.4 Å². The van der Waals surface area contributed by atoms with E-state index in [0.29, 0.717) is 26.0 Å². The van der Waals surface area contributed by atoms with E-state index >= 15 is 0 Å². The number of Topliss-reactive ketones (excluding diaryl/α,β-unsaturated/α-hetero) is 1. The molecule has 0 aromatic carbocycles. The maximum Gasteiger partial charge on any atom is 0.179 e. The highest BCUT2D eigenvalue weighted by Gasteiger charge is 2.21. The standard InChI is InChI=1S/C11H13Cl2NOS2/c1-7-5-14(2-3-16-7)6-9(15)8-4-10(12)17-11(8)13/h4,7H,2-3,5-6H2,1H3. The summed E-state index contributed by atoms with van der Waals surface area (Å²) in [5.74, 6) is 1.16. The summed E-state index contributed by atoms with van der Waals surface area (Å²) < 4.78 is 1.07. The molecule has 0 bridgehead atoms. The zero-order valence-corrected chi connectivity index (χ0v) is 12.6. The van der Waals surface area contributed by atoms with Gasteiger partial charge >= 0.3 is 0 Å². The van der Waals surface area contributed by atoms with Crippen molar-refractivity contribution in [3.63, 3.8) is 0 Å². The quantitative estimate of drug-likeness (QED) is 0.795. The minimum absolute atomic E-state index is 0.0669. The first-order valence-electron chi connectivity index (χ1n) is 5.38. The predicted octanol–water partition coefficient (Wildman–Crippen LogP) is 3.67. The van der Waals surface area contributed by atoms with E-state index in [1.165, 1.54) is 11.3 Å². The highest BCUT2D eigenvalue weighted by molar-refractivity contribution is 7.99. The van der Waals surface area contributed by atoms with Gasteiger partial charge in [0.05, 0.1) is 16.4 Å². The Bertz CT molecular complexity index is 422. The summed E-state index contributed by atoms with van der Waals surface area (Å²) in [5, 5.41) is 0.595. The molecule has 0 N–H and O–H groups in total. The number of hydrogen-bond acceptors (Lipinski definition) is 4. The second kappa shape index (κ2) is 5.93. The minimum atomic E-state index is 0.0669. The van der Waals surface area contributed by atoms with Crippen LogP contribution in [0.1, 0.15) is 17.3 Å². The molecule has 0 aliphatic carbocycles. The molecule has 1 atom stereocenters. The minimum Gasteiger partial charge on any atom is -0.294 e. The van der Waals surface area contributed by atoms with Crippen LogP contribution in [0.25, 0.3) is 0 Å². The average Bonchev–Trinajstić information content (AvgIpc) is 2.58. The van der Waals surface area contributed by atoms with E-state index in [0.717, 1.165) is 18.8 Å². The molecule has 0 spiro atoms. The van der Waals surface area contributed by atoms with Gasteiger partial charge in [-0.1, -0.05) is 30.1 Å². The summed E-state index contributed by atoms with van der Waals surface area (Å²) in [7, 11) is 0. The van der Waals surface area contributed by atoms with Gasteiger partial charge in [0.25, 0.3) is 0 Å². The molecule has 2 rings (SSSR count). The fourth-order valence-corrected chi connectivity index (χ4v) is 4.43. The van der Waals surface area contributed by atoms with Crippen LogP contribution in [0, 0.1) is 0 Å². The summed E-state index contributed by atoms with van der Waals surface area (Å²) in [5.41, 5.74) is 0.563. The number of carbonyl (C=O) groups excluding carboxylic acids is 1. The van der Waals surface area contributed by atoms with Crippen LogP contribution in [0.2, 0.25) is 8.67 Å². The van der Waals surface area contributed by atoms with Gasteiger partial charge in [0.1, 0.15) is 4.34 Å². The van der Waals surface area contributed by atoms with Gasteiger partial charge in [0.2, 0.25) is 0 Å². The van der Waals surface area contributed by atoms with Crippen molar-refractivity contribution >= 4 is 52.1 Å². The first-order valence-corrected chi connectivity index (χ1v) is 8.00. The molecule has 0 amide bonds. The largest absolute Gasteiger partial charge is 0.294 e. The molecule has 1 saturated heterocycles. The number of thiophene rings is 1. The summed E-state index contributed by atoms with van der Waals surface area (Å²) in [6.45, 7) is 4.57. The van der Waals surface area contributed by atoms with Crippen molar-refractivity contribution in [1.29, 1.82) is 0 Å². The molecule has 6 heteroatoms. The Morgan fingerprint density at radius 3 is 2.94 bits per heavy atom. The second-order valence-electron chi connectivity index (χ2n) is 4.08. The van der Waals surface area contributed by atoms with Gasteiger partial charge in [-0.15, -0.1) is 11.3 Å². The zero-order chi connectivity index (χ0) is 12.4. The van der Waals surface area contributed by atoms with Crippen molar-refractivity contribution < 1.29 is 4.79 Å². The van der Waals surface area contributed by atoms with Crippen LogP contribution >= 0.6 is 46.3 Å². The number of rotatable bonds is 3. The molecule has 0 saturated carbocycles. The number of nitrogens with zero attached hydrogens (tertiary/aromatic N) is 1. The van der Waals surface area contributed by atoms with Crippen molar-refractivity contribution in [3.8, 4) is 0 Å². The third-order valence-electron chi connectivity index (χ3n) is 2.65. The van der Waals surface area contributed by atoms with E-state index in [-0.39, 0.29) is 5.78 Å². The Labute approximate surface area is 119 Å². The lowest BCUT2D eigenvalue weighted by Gasteiger charge is -2.29. The predicted molar refractivity (Wildman–Crippen MR) is 77.0 cm³/mol. The molecule has 2 nitrogen and oxygen atoms in total. The van der Waals surface area contributed by atoms with Crippen LogP contribution in [0.5, 0.6) is 0 Å². The van der Waals surface area contributed by atoms with Gasteiger partial charge in [-0.3, -0.25) is 9.69 Å². The Balaban J connectivity index is 1.99. The Morgan fingerprint density at radius 1 is 1.59 bits per heavy atom. The fourth-order valence-electron chi connectivity index (χ4n) is 1.85. The van der Waals surface area contributed by atoms with Gasteiger partial charge in [-0.2, -0.15) is 11.8 Å². The average molecular weight is 310 g/mol. The van der Waals surface area contributed by atoms with E-state index < -0.39 is 0 Å². The Morgan fingerprint density at radius 2 is 2.35 bits per heavy atom. The van der Waals surface area contributed by atoms with Gasteiger partial charge in [0, 0.05) is 24.1 Å². The lowest BCUT2D eigenvalue weighted by atomic mass is 10.2. The fraction of sp³-hybridized carbons (Fsp3) is 0.545. The molecule has 1 aromatic rings. The molecule has 2 heterocycles. The molecular formula is C11H13Cl2NOS2. The molecular weight excluding hydrogens is 297 g/mol. The first kappa shape index (κ1) is 13.7. The number of ketones is 1. The van der Waals surface area contributed by atoms with Gasteiger partial charge < -0.3 is 0 Å². The number of thioether (sulfide) groups is 1. The molecule has 1 aromatic heterocycles. The molecule has 17 heavy (non-hydrogen) atoms. The van der Waals surface area contributed by atoms with Crippen LogP contribution in [0.4, 0.5) is 0 Å². The summed E-state index contributed by atoms with van der Waals surface area (Å²) in [4.78, 5) is 14.3. The van der Waals surface area contributed by atoms with E-state index in [1.807, 2.05) is 11.8 Å². The Kier molecular flexibility index (Phi) is 4.78. The molecule has 1 fully saturated rings. The van der Waals surface area contributed by atoms with Crippen LogP contribution in [0.3, 0.4) is 0 Å². The summed E-state index contributed by atoms with van der Waals surface area (Å²) in [6, 6.07) is 1.67. The summed E-state index contributed by atoms with van der Waals surface area (Å²) in [6.07, 6.45) is 0. The lowest BCUT2D eigenvalue weighted by molar-refractivity contribution is 0.0934. The van der Waals surface area contributed by atoms with Crippen LogP contribution in [-0.2, 0) is 0 Å². The normalized spacial score (nSPS) is 21.7. The number of hydrogen-bond donors (Lipinski definition) is 0. The van der Waals surface area contributed by atoms with Crippen molar-refractivity contribution in [1.82, 2.24) is 4.90 Å². The van der Waals surface area contributed by atoms with E-state index in [4.69, 9.17) is 23.2 Å². The van der Waals surface area contributed by atoms with Crippen LogP contribution < -0.4 is 0 Å². The smallest absolute Gasteiger partial charge is 0.179 e. The van der Waals surface area contributed by atoms with Crippen LogP contribution in [0.15, 0.2) is 6.07 Å². The van der Waals surface area contributed by atoms with E-state index in [9.17, 15) is 4.79 Å². The zero-order valence-electron chi connectivity index (χ0n) is 9.41.